The summed E-state index contributed by atoms with van der Waals surface area (Å²) in [5, 5.41) is 12.1. The van der Waals surface area contributed by atoms with Crippen LogP contribution in [0.25, 0.3) is 0 Å². The summed E-state index contributed by atoms with van der Waals surface area (Å²) in [5.41, 5.74) is 1.51. The van der Waals surface area contributed by atoms with E-state index in [1.54, 1.807) is 25.1 Å². The SMILES string of the molecule is CC.CCOC=O.CCc1ccc(NC(C)=O)cc1O. The average Bonchev–Trinajstić information content (AvgIpc) is 2.42. The standard InChI is InChI=1S/C10H13NO2.C3H6O2.C2H6/c1-3-8-4-5-9(6-10(8)13)11-7(2)12;1-2-5-3-4;1-2/h4-6,13H,3H2,1-2H3,(H,11,12);3H,2H2,1H3;1-2H3. The quantitative estimate of drug-likeness (QED) is 0.832. The van der Waals surface area contributed by atoms with E-state index in [2.05, 4.69) is 10.1 Å². The Bertz CT molecular complexity index is 391. The molecule has 0 saturated heterocycles. The Kier molecular flexibility index (Phi) is 13.6. The number of ether oxygens (including phenoxy) is 1. The fourth-order valence-corrected chi connectivity index (χ4v) is 1.21. The highest BCUT2D eigenvalue weighted by Crippen LogP contribution is 2.21. The summed E-state index contributed by atoms with van der Waals surface area (Å²) in [4.78, 5) is 19.9. The van der Waals surface area contributed by atoms with Crippen LogP contribution in [0.2, 0.25) is 0 Å². The van der Waals surface area contributed by atoms with Gasteiger partial charge in [-0.2, -0.15) is 0 Å². The van der Waals surface area contributed by atoms with Gasteiger partial charge < -0.3 is 15.2 Å². The van der Waals surface area contributed by atoms with Crippen molar-refractivity contribution in [2.24, 2.45) is 0 Å². The molecule has 0 radical (unpaired) electrons. The van der Waals surface area contributed by atoms with E-state index < -0.39 is 0 Å². The number of phenols is 1. The lowest BCUT2D eigenvalue weighted by Gasteiger charge is -2.05. The zero-order valence-corrected chi connectivity index (χ0v) is 12.9. The molecule has 1 aromatic carbocycles. The van der Waals surface area contributed by atoms with Crippen LogP contribution in [0, 0.1) is 0 Å². The fourth-order valence-electron chi connectivity index (χ4n) is 1.21. The first-order valence-corrected chi connectivity index (χ1v) is 6.69. The molecular formula is C15H25NO4. The third-order valence-corrected chi connectivity index (χ3v) is 2.02. The molecule has 0 aliphatic heterocycles. The Labute approximate surface area is 121 Å². The van der Waals surface area contributed by atoms with E-state index in [4.69, 9.17) is 0 Å². The van der Waals surface area contributed by atoms with Crippen LogP contribution >= 0.6 is 0 Å². The van der Waals surface area contributed by atoms with E-state index in [0.29, 0.717) is 18.8 Å². The van der Waals surface area contributed by atoms with Gasteiger partial charge in [0.15, 0.2) is 0 Å². The predicted octanol–water partition coefficient (Wildman–Crippen LogP) is 3.12. The Morgan fingerprint density at radius 3 is 2.25 bits per heavy atom. The summed E-state index contributed by atoms with van der Waals surface area (Å²) in [7, 11) is 0. The number of hydrogen-bond acceptors (Lipinski definition) is 4. The van der Waals surface area contributed by atoms with Gasteiger partial charge in [0, 0.05) is 18.7 Å². The number of aromatic hydroxyl groups is 1. The van der Waals surface area contributed by atoms with Crippen LogP contribution in [0.1, 0.15) is 40.2 Å². The van der Waals surface area contributed by atoms with Crippen LogP contribution in [0.15, 0.2) is 18.2 Å². The number of rotatable bonds is 4. The minimum atomic E-state index is -0.136. The molecule has 0 atom stereocenters. The molecule has 1 amide bonds. The Morgan fingerprint density at radius 2 is 1.95 bits per heavy atom. The largest absolute Gasteiger partial charge is 0.508 e. The van der Waals surface area contributed by atoms with E-state index in [-0.39, 0.29) is 11.7 Å². The number of phenolic OH excluding ortho intramolecular Hbond substituents is 1. The van der Waals surface area contributed by atoms with Crippen molar-refractivity contribution in [1.82, 2.24) is 0 Å². The van der Waals surface area contributed by atoms with Crippen LogP contribution in [0.4, 0.5) is 5.69 Å². The molecule has 0 heterocycles. The topological polar surface area (TPSA) is 75.6 Å². The minimum Gasteiger partial charge on any atom is -0.508 e. The van der Waals surface area contributed by atoms with Gasteiger partial charge in [0.05, 0.1) is 6.61 Å². The summed E-state index contributed by atoms with van der Waals surface area (Å²) in [6.07, 6.45) is 0.784. The summed E-state index contributed by atoms with van der Waals surface area (Å²) < 4.78 is 4.15. The van der Waals surface area contributed by atoms with Crippen LogP contribution < -0.4 is 5.32 Å². The molecule has 0 fully saturated rings. The number of aryl methyl sites for hydroxylation is 1. The molecule has 0 saturated carbocycles. The Morgan fingerprint density at radius 1 is 1.35 bits per heavy atom. The van der Waals surface area contributed by atoms with Gasteiger partial charge in [-0.1, -0.05) is 26.8 Å². The van der Waals surface area contributed by atoms with E-state index in [0.717, 1.165) is 12.0 Å². The monoisotopic (exact) mass is 283 g/mol. The number of benzene rings is 1. The Hall–Kier alpha value is -2.04. The molecular weight excluding hydrogens is 258 g/mol. The number of anilines is 1. The minimum absolute atomic E-state index is 0.136. The van der Waals surface area contributed by atoms with Gasteiger partial charge in [-0.3, -0.25) is 9.59 Å². The molecule has 2 N–H and O–H groups in total. The van der Waals surface area contributed by atoms with Gasteiger partial charge >= 0.3 is 0 Å². The van der Waals surface area contributed by atoms with Gasteiger partial charge in [-0.15, -0.1) is 0 Å². The van der Waals surface area contributed by atoms with Crippen LogP contribution in [-0.2, 0) is 20.7 Å². The molecule has 0 aromatic heterocycles. The van der Waals surface area contributed by atoms with Gasteiger partial charge in [0.1, 0.15) is 5.75 Å². The van der Waals surface area contributed by atoms with Gasteiger partial charge in [-0.25, -0.2) is 0 Å². The van der Waals surface area contributed by atoms with Crippen molar-refractivity contribution in [2.45, 2.75) is 41.0 Å². The molecule has 1 aromatic rings. The van der Waals surface area contributed by atoms with Crippen molar-refractivity contribution in [1.29, 1.82) is 0 Å². The number of carbonyl (C=O) groups excluding carboxylic acids is 2. The number of carbonyl (C=O) groups is 2. The second-order valence-electron chi connectivity index (χ2n) is 3.43. The third kappa shape index (κ3) is 9.94. The molecule has 0 spiro atoms. The van der Waals surface area contributed by atoms with Crippen LogP contribution in [0.3, 0.4) is 0 Å². The van der Waals surface area contributed by atoms with E-state index in [1.165, 1.54) is 6.92 Å². The Balaban J connectivity index is 0. The smallest absolute Gasteiger partial charge is 0.293 e. The van der Waals surface area contributed by atoms with Crippen molar-refractivity contribution < 1.29 is 19.4 Å². The maximum Gasteiger partial charge on any atom is 0.293 e. The first-order chi connectivity index (χ1) is 9.54. The van der Waals surface area contributed by atoms with E-state index in [1.807, 2.05) is 20.8 Å². The normalized spacial score (nSPS) is 8.25. The van der Waals surface area contributed by atoms with E-state index in [9.17, 15) is 14.7 Å². The molecule has 114 valence electrons. The second-order valence-corrected chi connectivity index (χ2v) is 3.43. The lowest BCUT2D eigenvalue weighted by Crippen LogP contribution is -2.05. The number of nitrogens with one attached hydrogen (secondary N) is 1. The molecule has 20 heavy (non-hydrogen) atoms. The highest BCUT2D eigenvalue weighted by atomic mass is 16.5. The summed E-state index contributed by atoms with van der Waals surface area (Å²) >= 11 is 0. The van der Waals surface area contributed by atoms with Crippen molar-refractivity contribution in [2.75, 3.05) is 11.9 Å². The average molecular weight is 283 g/mol. The second kappa shape index (κ2) is 13.4. The van der Waals surface area contributed by atoms with Crippen molar-refractivity contribution in [3.8, 4) is 5.75 Å². The number of amides is 1. The first-order valence-electron chi connectivity index (χ1n) is 6.69. The first kappa shape index (κ1) is 20.3. The molecule has 0 aliphatic rings. The van der Waals surface area contributed by atoms with Crippen molar-refractivity contribution >= 4 is 18.1 Å². The molecule has 0 aliphatic carbocycles. The lowest BCUT2D eigenvalue weighted by molar-refractivity contribution is -0.128. The third-order valence-electron chi connectivity index (χ3n) is 2.02. The maximum atomic E-state index is 10.7. The van der Waals surface area contributed by atoms with Crippen molar-refractivity contribution in [3.63, 3.8) is 0 Å². The molecule has 5 heteroatoms. The predicted molar refractivity (Wildman–Crippen MR) is 80.8 cm³/mol. The molecule has 1 rings (SSSR count). The molecule has 0 bridgehead atoms. The fraction of sp³-hybridized carbons (Fsp3) is 0.467. The van der Waals surface area contributed by atoms with Gasteiger partial charge in [-0.05, 0) is 25.0 Å². The molecule has 5 nitrogen and oxygen atoms in total. The molecule has 0 unspecified atom stereocenters. The number of hydrogen-bond donors (Lipinski definition) is 2. The van der Waals surface area contributed by atoms with Crippen molar-refractivity contribution in [3.05, 3.63) is 23.8 Å². The lowest BCUT2D eigenvalue weighted by atomic mass is 10.1. The van der Waals surface area contributed by atoms with Crippen LogP contribution in [0.5, 0.6) is 5.75 Å². The summed E-state index contributed by atoms with van der Waals surface area (Å²) in [6, 6.07) is 5.14. The maximum absolute atomic E-state index is 10.7. The highest BCUT2D eigenvalue weighted by Gasteiger charge is 2.01. The van der Waals surface area contributed by atoms with Crippen LogP contribution in [-0.4, -0.2) is 24.1 Å². The summed E-state index contributed by atoms with van der Waals surface area (Å²) in [5.74, 6) is 0.0948. The highest BCUT2D eigenvalue weighted by molar-refractivity contribution is 5.88. The zero-order chi connectivity index (χ0) is 16.0. The van der Waals surface area contributed by atoms with Gasteiger partial charge in [0.2, 0.25) is 5.91 Å². The zero-order valence-electron chi connectivity index (χ0n) is 12.9. The summed E-state index contributed by atoms with van der Waals surface area (Å²) in [6.45, 7) is 10.1. The van der Waals surface area contributed by atoms with E-state index >= 15 is 0 Å². The van der Waals surface area contributed by atoms with Gasteiger partial charge in [0.25, 0.3) is 6.47 Å².